The van der Waals surface area contributed by atoms with E-state index in [1.165, 1.54) is 24.3 Å². The first-order valence-corrected chi connectivity index (χ1v) is 6.23. The molecule has 1 heterocycles. The van der Waals surface area contributed by atoms with E-state index in [9.17, 15) is 9.18 Å². The van der Waals surface area contributed by atoms with Gasteiger partial charge >= 0.3 is 0 Å². The topological polar surface area (TPSA) is 29.6 Å². The molecule has 2 nitrogen and oxygen atoms in total. The molecule has 1 aliphatic rings. The van der Waals surface area contributed by atoms with E-state index in [2.05, 4.69) is 0 Å². The van der Waals surface area contributed by atoms with E-state index in [1.54, 1.807) is 12.1 Å². The molecule has 0 radical (unpaired) electrons. The van der Waals surface area contributed by atoms with Crippen molar-refractivity contribution >= 4 is 17.4 Å². The van der Waals surface area contributed by atoms with Crippen LogP contribution >= 0.6 is 11.6 Å². The summed E-state index contributed by atoms with van der Waals surface area (Å²) >= 11 is 5.80. The van der Waals surface area contributed by atoms with Crippen LogP contribution in [0.1, 0.15) is 22.0 Å². The Kier molecular flexibility index (Phi) is 3.09. The summed E-state index contributed by atoms with van der Waals surface area (Å²) in [6.07, 6.45) is -0.707. The fraction of sp³-hybridized carbons (Fsp3) is 0.133. The van der Waals surface area contributed by atoms with Gasteiger partial charge in [0, 0.05) is 10.6 Å². The number of carbonyl (C=O) groups excluding carboxylic acids is 1. The number of rotatable bonds is 3. The first-order valence-electron chi connectivity index (χ1n) is 5.86. The van der Waals surface area contributed by atoms with Gasteiger partial charge < -0.3 is 4.74 Å². The van der Waals surface area contributed by atoms with Crippen molar-refractivity contribution in [2.45, 2.75) is 12.2 Å². The monoisotopic (exact) mass is 276 g/mol. The molecule has 0 spiro atoms. The van der Waals surface area contributed by atoms with Crippen molar-refractivity contribution in [3.05, 3.63) is 70.5 Å². The van der Waals surface area contributed by atoms with Crippen molar-refractivity contribution in [3.8, 4) is 0 Å². The van der Waals surface area contributed by atoms with Gasteiger partial charge in [-0.25, -0.2) is 4.39 Å². The Bertz CT molecular complexity index is 607. The van der Waals surface area contributed by atoms with Gasteiger partial charge in [-0.3, -0.25) is 4.79 Å². The lowest BCUT2D eigenvalue weighted by molar-refractivity contribution is 0.0953. The molecule has 0 bridgehead atoms. The van der Waals surface area contributed by atoms with Gasteiger partial charge in [0.1, 0.15) is 11.9 Å². The van der Waals surface area contributed by atoms with Crippen LogP contribution in [0.25, 0.3) is 0 Å². The summed E-state index contributed by atoms with van der Waals surface area (Å²) < 4.78 is 18.2. The third kappa shape index (κ3) is 2.53. The maximum absolute atomic E-state index is 12.8. The number of hydrogen-bond donors (Lipinski definition) is 0. The van der Waals surface area contributed by atoms with Crippen molar-refractivity contribution in [1.29, 1.82) is 0 Å². The molecule has 0 aromatic heterocycles. The summed E-state index contributed by atoms with van der Waals surface area (Å²) in [5.41, 5.74) is 1.38. The second-order valence-electron chi connectivity index (χ2n) is 4.40. The van der Waals surface area contributed by atoms with E-state index in [0.717, 1.165) is 5.56 Å². The maximum Gasteiger partial charge on any atom is 0.194 e. The van der Waals surface area contributed by atoms with Crippen molar-refractivity contribution in [1.82, 2.24) is 0 Å². The molecular formula is C15H10ClFO2. The van der Waals surface area contributed by atoms with E-state index >= 15 is 0 Å². The Balaban J connectivity index is 1.74. The maximum atomic E-state index is 12.8. The minimum Gasteiger partial charge on any atom is -0.356 e. The van der Waals surface area contributed by atoms with Gasteiger partial charge in [-0.15, -0.1) is 0 Å². The number of ether oxygens (including phenoxy) is 1. The highest BCUT2D eigenvalue weighted by atomic mass is 35.5. The van der Waals surface area contributed by atoms with Crippen molar-refractivity contribution in [3.63, 3.8) is 0 Å². The highest BCUT2D eigenvalue weighted by Crippen LogP contribution is 2.40. The van der Waals surface area contributed by atoms with Gasteiger partial charge in [-0.2, -0.15) is 0 Å². The quantitative estimate of drug-likeness (QED) is 0.630. The summed E-state index contributed by atoms with van der Waals surface area (Å²) in [5.74, 6) is -0.484. The van der Waals surface area contributed by atoms with Gasteiger partial charge in [0.2, 0.25) is 0 Å². The normalized spacial score (nSPS) is 21.2. The number of hydrogen-bond acceptors (Lipinski definition) is 2. The third-order valence-electron chi connectivity index (χ3n) is 3.08. The molecule has 1 saturated heterocycles. The molecule has 3 rings (SSSR count). The number of epoxide rings is 1. The largest absolute Gasteiger partial charge is 0.356 e. The Morgan fingerprint density at radius 3 is 2.32 bits per heavy atom. The molecule has 2 aromatic carbocycles. The molecule has 19 heavy (non-hydrogen) atoms. The van der Waals surface area contributed by atoms with Gasteiger partial charge in [0.05, 0.1) is 0 Å². The summed E-state index contributed by atoms with van der Waals surface area (Å²) in [6, 6.07) is 12.7. The highest BCUT2D eigenvalue weighted by molar-refractivity contribution is 6.30. The van der Waals surface area contributed by atoms with Crippen molar-refractivity contribution in [2.24, 2.45) is 0 Å². The average molecular weight is 277 g/mol. The molecule has 0 saturated carbocycles. The molecule has 0 N–H and O–H groups in total. The highest BCUT2D eigenvalue weighted by Gasteiger charge is 2.46. The molecule has 2 aromatic rings. The minimum atomic E-state index is -0.480. The summed E-state index contributed by atoms with van der Waals surface area (Å²) in [6.45, 7) is 0. The second-order valence-corrected chi connectivity index (χ2v) is 4.84. The molecule has 2 atom stereocenters. The minimum absolute atomic E-state index is 0.125. The molecular weight excluding hydrogens is 267 g/mol. The zero-order valence-electron chi connectivity index (χ0n) is 9.85. The van der Waals surface area contributed by atoms with Crippen molar-refractivity contribution < 1.29 is 13.9 Å². The Morgan fingerprint density at radius 2 is 1.68 bits per heavy atom. The van der Waals surface area contributed by atoms with E-state index in [-0.39, 0.29) is 17.7 Å². The zero-order chi connectivity index (χ0) is 13.4. The Hall–Kier alpha value is -1.71. The summed E-state index contributed by atoms with van der Waals surface area (Å²) in [7, 11) is 0. The molecule has 0 aliphatic carbocycles. The summed E-state index contributed by atoms with van der Waals surface area (Å²) in [5, 5.41) is 0.644. The van der Waals surface area contributed by atoms with Gasteiger partial charge in [-0.05, 0) is 42.0 Å². The Labute approximate surface area is 114 Å². The number of ketones is 1. The molecule has 0 unspecified atom stereocenters. The van der Waals surface area contributed by atoms with Crippen LogP contribution in [0.5, 0.6) is 0 Å². The van der Waals surface area contributed by atoms with Crippen LogP contribution in [0.3, 0.4) is 0 Å². The van der Waals surface area contributed by atoms with E-state index in [0.29, 0.717) is 10.6 Å². The zero-order valence-corrected chi connectivity index (χ0v) is 10.6. The smallest absolute Gasteiger partial charge is 0.194 e. The van der Waals surface area contributed by atoms with Crippen LogP contribution in [0.4, 0.5) is 4.39 Å². The number of Topliss-reactive ketones (excluding diaryl/α,β-unsaturated/α-hetero) is 1. The van der Waals surface area contributed by atoms with Crippen LogP contribution in [0, 0.1) is 5.82 Å². The van der Waals surface area contributed by atoms with Crippen LogP contribution in [0.15, 0.2) is 48.5 Å². The van der Waals surface area contributed by atoms with Crippen LogP contribution < -0.4 is 0 Å². The average Bonchev–Trinajstić information content (AvgIpc) is 3.20. The van der Waals surface area contributed by atoms with E-state index < -0.39 is 6.10 Å². The number of carbonyl (C=O) groups is 1. The fourth-order valence-corrected chi connectivity index (χ4v) is 2.12. The first kappa shape index (κ1) is 12.3. The molecule has 1 fully saturated rings. The standard InChI is InChI=1S/C15H10ClFO2/c16-11-5-1-10(2-6-11)14-15(19-14)13(18)9-3-7-12(17)8-4-9/h1-8,14-15H/t14-,15-/m0/s1. The lowest BCUT2D eigenvalue weighted by atomic mass is 10.0. The van der Waals surface area contributed by atoms with Gasteiger partial charge in [-0.1, -0.05) is 23.7 Å². The molecule has 96 valence electrons. The number of halogens is 2. The Morgan fingerprint density at radius 1 is 1.05 bits per heavy atom. The van der Waals surface area contributed by atoms with Crippen LogP contribution in [-0.4, -0.2) is 11.9 Å². The second kappa shape index (κ2) is 4.76. The van der Waals surface area contributed by atoms with E-state index in [1.807, 2.05) is 12.1 Å². The van der Waals surface area contributed by atoms with Gasteiger partial charge in [0.25, 0.3) is 0 Å². The first-order chi connectivity index (χ1) is 9.15. The van der Waals surface area contributed by atoms with Crippen LogP contribution in [0.2, 0.25) is 5.02 Å². The van der Waals surface area contributed by atoms with E-state index in [4.69, 9.17) is 16.3 Å². The third-order valence-corrected chi connectivity index (χ3v) is 3.33. The molecule has 0 amide bonds. The lowest BCUT2D eigenvalue weighted by Crippen LogP contribution is -2.08. The summed E-state index contributed by atoms with van der Waals surface area (Å²) in [4.78, 5) is 12.1. The SMILES string of the molecule is O=C(c1ccc(F)cc1)[C@@H]1O[C@H]1c1ccc(Cl)cc1. The fourth-order valence-electron chi connectivity index (χ4n) is 2.00. The van der Waals surface area contributed by atoms with Gasteiger partial charge in [0.15, 0.2) is 11.9 Å². The lowest BCUT2D eigenvalue weighted by Gasteiger charge is -1.98. The number of benzene rings is 2. The molecule has 4 heteroatoms. The predicted octanol–water partition coefficient (Wildman–Crippen LogP) is 3.80. The molecule has 1 aliphatic heterocycles. The van der Waals surface area contributed by atoms with Crippen LogP contribution in [-0.2, 0) is 4.74 Å². The predicted molar refractivity (Wildman–Crippen MR) is 69.8 cm³/mol. The van der Waals surface area contributed by atoms with Crippen molar-refractivity contribution in [2.75, 3.05) is 0 Å².